The zero-order chi connectivity index (χ0) is 17.0. The van der Waals surface area contributed by atoms with Crippen LogP contribution in [-0.2, 0) is 17.5 Å². The van der Waals surface area contributed by atoms with Crippen molar-refractivity contribution in [2.45, 2.75) is 26.1 Å². The molecular formula is C13H11F3N4O2S. The minimum absolute atomic E-state index is 0.153. The number of nitriles is 1. The molecule has 0 spiro atoms. The highest BCUT2D eigenvalue weighted by molar-refractivity contribution is 7.15. The monoisotopic (exact) mass is 344 g/mol. The zero-order valence-corrected chi connectivity index (χ0v) is 12.7. The van der Waals surface area contributed by atoms with Crippen molar-refractivity contribution in [3.05, 3.63) is 22.9 Å². The van der Waals surface area contributed by atoms with Crippen LogP contribution in [0.3, 0.4) is 0 Å². The summed E-state index contributed by atoms with van der Waals surface area (Å²) in [5, 5.41) is 11.9. The highest BCUT2D eigenvalue weighted by Gasteiger charge is 2.38. The standard InChI is InChI=1S/C13H11F3N4O2S/c1-2-20(10(21)5-6-17)7-8-3-4-9(23-8)11-18-12(22-19-11)13(14,15)16/h3-4H,2,5,7H2,1H3. The van der Waals surface area contributed by atoms with Crippen molar-refractivity contribution in [1.29, 1.82) is 5.26 Å². The number of hydrogen-bond donors (Lipinski definition) is 0. The molecule has 2 aromatic heterocycles. The Morgan fingerprint density at radius 2 is 2.22 bits per heavy atom. The molecule has 0 unspecified atom stereocenters. The molecule has 2 rings (SSSR count). The molecule has 0 saturated heterocycles. The van der Waals surface area contributed by atoms with Crippen LogP contribution in [0.5, 0.6) is 0 Å². The van der Waals surface area contributed by atoms with E-state index in [1.807, 2.05) is 0 Å². The molecule has 0 aliphatic carbocycles. The maximum Gasteiger partial charge on any atom is 0.471 e. The van der Waals surface area contributed by atoms with E-state index < -0.39 is 12.1 Å². The summed E-state index contributed by atoms with van der Waals surface area (Å²) in [5.74, 6) is -1.86. The van der Waals surface area contributed by atoms with Gasteiger partial charge in [-0.25, -0.2) is 0 Å². The Bertz CT molecular complexity index is 732. The van der Waals surface area contributed by atoms with Gasteiger partial charge in [-0.2, -0.15) is 23.4 Å². The van der Waals surface area contributed by atoms with Gasteiger partial charge in [0.15, 0.2) is 0 Å². The third-order valence-corrected chi connectivity index (χ3v) is 3.93. The average molecular weight is 344 g/mol. The van der Waals surface area contributed by atoms with Crippen LogP contribution in [0.4, 0.5) is 13.2 Å². The lowest BCUT2D eigenvalue weighted by Crippen LogP contribution is -2.29. The van der Waals surface area contributed by atoms with Crippen LogP contribution in [0, 0.1) is 11.3 Å². The summed E-state index contributed by atoms with van der Waals surface area (Å²) >= 11 is 1.16. The van der Waals surface area contributed by atoms with Gasteiger partial charge < -0.3 is 9.42 Å². The van der Waals surface area contributed by atoms with E-state index >= 15 is 0 Å². The number of carbonyl (C=O) groups is 1. The fourth-order valence-corrected chi connectivity index (χ4v) is 2.71. The van der Waals surface area contributed by atoms with Gasteiger partial charge in [0.05, 0.1) is 17.5 Å². The van der Waals surface area contributed by atoms with E-state index in [4.69, 9.17) is 5.26 Å². The lowest BCUT2D eigenvalue weighted by atomic mass is 10.3. The molecule has 0 atom stereocenters. The Balaban J connectivity index is 2.13. The Morgan fingerprint density at radius 1 is 1.48 bits per heavy atom. The van der Waals surface area contributed by atoms with Crippen molar-refractivity contribution in [1.82, 2.24) is 15.0 Å². The molecule has 6 nitrogen and oxygen atoms in total. The van der Waals surface area contributed by atoms with Gasteiger partial charge in [0, 0.05) is 11.4 Å². The fourth-order valence-electron chi connectivity index (χ4n) is 1.77. The molecule has 0 aromatic carbocycles. The highest BCUT2D eigenvalue weighted by Crippen LogP contribution is 2.32. The largest absolute Gasteiger partial charge is 0.471 e. The van der Waals surface area contributed by atoms with E-state index in [1.54, 1.807) is 25.1 Å². The van der Waals surface area contributed by atoms with Crippen molar-refractivity contribution in [2.24, 2.45) is 0 Å². The van der Waals surface area contributed by atoms with Gasteiger partial charge in [-0.3, -0.25) is 4.79 Å². The summed E-state index contributed by atoms with van der Waals surface area (Å²) in [7, 11) is 0. The minimum Gasteiger partial charge on any atom is -0.337 e. The van der Waals surface area contributed by atoms with Gasteiger partial charge in [-0.05, 0) is 19.1 Å². The number of amides is 1. The van der Waals surface area contributed by atoms with Crippen LogP contribution in [0.15, 0.2) is 16.7 Å². The number of rotatable bonds is 5. The predicted octanol–water partition coefficient (Wildman–Crippen LogP) is 3.08. The van der Waals surface area contributed by atoms with Crippen molar-refractivity contribution in [3.63, 3.8) is 0 Å². The Labute approximate surface area is 133 Å². The van der Waals surface area contributed by atoms with E-state index in [0.717, 1.165) is 16.2 Å². The summed E-state index contributed by atoms with van der Waals surface area (Å²) < 4.78 is 41.5. The van der Waals surface area contributed by atoms with E-state index in [0.29, 0.717) is 11.4 Å². The lowest BCUT2D eigenvalue weighted by molar-refractivity contribution is -0.159. The van der Waals surface area contributed by atoms with Gasteiger partial charge in [0.2, 0.25) is 11.7 Å². The van der Waals surface area contributed by atoms with E-state index in [-0.39, 0.29) is 24.7 Å². The molecule has 0 N–H and O–H groups in total. The highest BCUT2D eigenvalue weighted by atomic mass is 32.1. The molecular weight excluding hydrogens is 333 g/mol. The first kappa shape index (κ1) is 17.0. The first-order valence-electron chi connectivity index (χ1n) is 6.49. The van der Waals surface area contributed by atoms with Crippen molar-refractivity contribution in [2.75, 3.05) is 6.54 Å². The van der Waals surface area contributed by atoms with Gasteiger partial charge in [-0.1, -0.05) is 5.16 Å². The zero-order valence-electron chi connectivity index (χ0n) is 11.9. The summed E-state index contributed by atoms with van der Waals surface area (Å²) in [6, 6.07) is 5.02. The van der Waals surface area contributed by atoms with Crippen LogP contribution >= 0.6 is 11.3 Å². The van der Waals surface area contributed by atoms with Gasteiger partial charge in [-0.15, -0.1) is 11.3 Å². The SMILES string of the molecule is CCN(Cc1ccc(-c2noc(C(F)(F)F)n2)s1)C(=O)CC#N. The topological polar surface area (TPSA) is 83.0 Å². The molecule has 0 aliphatic heterocycles. The minimum atomic E-state index is -4.69. The van der Waals surface area contributed by atoms with Gasteiger partial charge in [0.25, 0.3) is 0 Å². The molecule has 2 aromatic rings. The normalized spacial score (nSPS) is 11.3. The molecule has 0 saturated carbocycles. The first-order chi connectivity index (χ1) is 10.8. The van der Waals surface area contributed by atoms with E-state index in [1.165, 1.54) is 4.90 Å². The summed E-state index contributed by atoms with van der Waals surface area (Å²) in [4.78, 5) is 17.7. The molecule has 0 fully saturated rings. The number of aromatic nitrogens is 2. The van der Waals surface area contributed by atoms with Crippen LogP contribution in [0.1, 0.15) is 24.1 Å². The van der Waals surface area contributed by atoms with Gasteiger partial charge >= 0.3 is 12.1 Å². The smallest absolute Gasteiger partial charge is 0.337 e. The average Bonchev–Trinajstić information content (AvgIpc) is 3.13. The van der Waals surface area contributed by atoms with Crippen molar-refractivity contribution < 1.29 is 22.5 Å². The Morgan fingerprint density at radius 3 is 2.78 bits per heavy atom. The van der Waals surface area contributed by atoms with Crippen LogP contribution < -0.4 is 0 Å². The number of thiophene rings is 1. The first-order valence-corrected chi connectivity index (χ1v) is 7.31. The maximum atomic E-state index is 12.4. The fraction of sp³-hybridized carbons (Fsp3) is 0.385. The van der Waals surface area contributed by atoms with Gasteiger partial charge in [0.1, 0.15) is 6.42 Å². The van der Waals surface area contributed by atoms with Crippen LogP contribution in [0.2, 0.25) is 0 Å². The van der Waals surface area contributed by atoms with Crippen LogP contribution in [0.25, 0.3) is 10.7 Å². The Kier molecular flexibility index (Phi) is 5.00. The van der Waals surface area contributed by atoms with E-state index in [2.05, 4.69) is 14.7 Å². The summed E-state index contributed by atoms with van der Waals surface area (Å²) in [6.45, 7) is 2.47. The number of hydrogen-bond acceptors (Lipinski definition) is 6. The third kappa shape index (κ3) is 4.07. The number of carbonyl (C=O) groups excluding carboxylic acids is 1. The maximum absolute atomic E-state index is 12.4. The second-order valence-electron chi connectivity index (χ2n) is 4.43. The van der Waals surface area contributed by atoms with Crippen LogP contribution in [-0.4, -0.2) is 27.5 Å². The quantitative estimate of drug-likeness (QED) is 0.832. The molecule has 0 radical (unpaired) electrons. The molecule has 0 aliphatic rings. The molecule has 1 amide bonds. The second-order valence-corrected chi connectivity index (χ2v) is 5.60. The third-order valence-electron chi connectivity index (χ3n) is 2.86. The molecule has 0 bridgehead atoms. The Hall–Kier alpha value is -2.41. The summed E-state index contributed by atoms with van der Waals surface area (Å²) in [6.07, 6.45) is -4.90. The summed E-state index contributed by atoms with van der Waals surface area (Å²) in [5.41, 5.74) is 0. The van der Waals surface area contributed by atoms with Crippen molar-refractivity contribution in [3.8, 4) is 16.8 Å². The second kappa shape index (κ2) is 6.78. The van der Waals surface area contributed by atoms with Crippen molar-refractivity contribution >= 4 is 17.2 Å². The van der Waals surface area contributed by atoms with E-state index in [9.17, 15) is 18.0 Å². The molecule has 10 heteroatoms. The molecule has 23 heavy (non-hydrogen) atoms. The molecule has 122 valence electrons. The number of alkyl halides is 3. The predicted molar refractivity (Wildman–Crippen MR) is 73.9 cm³/mol. The number of halogens is 3. The molecule has 2 heterocycles. The number of nitrogens with zero attached hydrogens (tertiary/aromatic N) is 4. The lowest BCUT2D eigenvalue weighted by Gasteiger charge is -2.18.